The van der Waals surface area contributed by atoms with Crippen molar-refractivity contribution < 1.29 is 14.4 Å². The van der Waals surface area contributed by atoms with Gasteiger partial charge in [0.15, 0.2) is 0 Å². The topological polar surface area (TPSA) is 61.5 Å². The predicted octanol–water partition coefficient (Wildman–Crippen LogP) is 0.322. The zero-order chi connectivity index (χ0) is 8.85. The minimum atomic E-state index is -0.273. The third-order valence-electron chi connectivity index (χ3n) is 1.58. The second-order valence-corrected chi connectivity index (χ2v) is 2.71. The van der Waals surface area contributed by atoms with Crippen molar-refractivity contribution in [1.82, 2.24) is 0 Å². The molecule has 0 heterocycles. The fraction of sp³-hybridized carbons (Fsp3) is 0.857. The molecule has 0 saturated heterocycles. The van der Waals surface area contributed by atoms with Crippen LogP contribution < -0.4 is 5.90 Å². The molecule has 0 aliphatic carbocycles. The van der Waals surface area contributed by atoms with Gasteiger partial charge in [-0.15, -0.1) is 0 Å². The maximum Gasteiger partial charge on any atom is 0.311 e. The smallest absolute Gasteiger partial charge is 0.311 e. The SMILES string of the molecule is COC(=O)C(CON)C(C)C. The Balaban J connectivity index is 3.98. The van der Waals surface area contributed by atoms with E-state index in [2.05, 4.69) is 9.57 Å². The molecule has 0 aromatic carbocycles. The maximum absolute atomic E-state index is 11.0. The average Bonchev–Trinajstić information content (AvgIpc) is 1.98. The van der Waals surface area contributed by atoms with Crippen LogP contribution >= 0.6 is 0 Å². The molecule has 0 aliphatic rings. The van der Waals surface area contributed by atoms with E-state index in [1.54, 1.807) is 0 Å². The van der Waals surface area contributed by atoms with Crippen molar-refractivity contribution >= 4 is 5.97 Å². The Morgan fingerprint density at radius 3 is 2.36 bits per heavy atom. The normalized spacial score (nSPS) is 13.2. The van der Waals surface area contributed by atoms with Crippen LogP contribution in [0, 0.1) is 11.8 Å². The molecule has 0 saturated carbocycles. The van der Waals surface area contributed by atoms with Crippen LogP contribution in [0.2, 0.25) is 0 Å². The third kappa shape index (κ3) is 3.34. The van der Waals surface area contributed by atoms with E-state index in [9.17, 15) is 4.79 Å². The number of rotatable bonds is 4. The number of carbonyl (C=O) groups is 1. The summed E-state index contributed by atoms with van der Waals surface area (Å²) in [7, 11) is 1.36. The number of nitrogens with two attached hydrogens (primary N) is 1. The molecule has 66 valence electrons. The van der Waals surface area contributed by atoms with Gasteiger partial charge >= 0.3 is 5.97 Å². The molecule has 0 bridgehead atoms. The van der Waals surface area contributed by atoms with Gasteiger partial charge in [-0.2, -0.15) is 0 Å². The Kier molecular flexibility index (Phi) is 4.81. The van der Waals surface area contributed by atoms with E-state index in [4.69, 9.17) is 5.90 Å². The van der Waals surface area contributed by atoms with E-state index < -0.39 is 0 Å². The van der Waals surface area contributed by atoms with E-state index >= 15 is 0 Å². The summed E-state index contributed by atoms with van der Waals surface area (Å²) in [6.45, 7) is 4.05. The maximum atomic E-state index is 11.0. The van der Waals surface area contributed by atoms with Gasteiger partial charge in [-0.25, -0.2) is 5.90 Å². The molecule has 0 aliphatic heterocycles. The molecule has 0 rings (SSSR count). The van der Waals surface area contributed by atoms with Gasteiger partial charge in [-0.3, -0.25) is 4.79 Å². The monoisotopic (exact) mass is 161 g/mol. The van der Waals surface area contributed by atoms with Crippen molar-refractivity contribution in [3.63, 3.8) is 0 Å². The summed E-state index contributed by atoms with van der Waals surface area (Å²) < 4.78 is 4.55. The third-order valence-corrected chi connectivity index (χ3v) is 1.58. The summed E-state index contributed by atoms with van der Waals surface area (Å²) in [6, 6.07) is 0. The van der Waals surface area contributed by atoms with E-state index in [0.29, 0.717) is 0 Å². The molecule has 4 heteroatoms. The summed E-state index contributed by atoms with van der Waals surface area (Å²) in [4.78, 5) is 15.4. The Morgan fingerprint density at radius 2 is 2.09 bits per heavy atom. The molecule has 2 N–H and O–H groups in total. The Bertz CT molecular complexity index is 125. The summed E-state index contributed by atoms with van der Waals surface area (Å²) >= 11 is 0. The lowest BCUT2D eigenvalue weighted by molar-refractivity contribution is -0.149. The zero-order valence-electron chi connectivity index (χ0n) is 7.16. The van der Waals surface area contributed by atoms with Crippen LogP contribution in [0.5, 0.6) is 0 Å². The quantitative estimate of drug-likeness (QED) is 0.476. The van der Waals surface area contributed by atoms with Gasteiger partial charge in [0, 0.05) is 0 Å². The summed E-state index contributed by atoms with van der Waals surface area (Å²) in [5, 5.41) is 0. The lowest BCUT2D eigenvalue weighted by Gasteiger charge is -2.16. The first kappa shape index (κ1) is 10.4. The van der Waals surface area contributed by atoms with Crippen molar-refractivity contribution in [1.29, 1.82) is 0 Å². The summed E-state index contributed by atoms with van der Waals surface area (Å²) in [5.41, 5.74) is 0. The van der Waals surface area contributed by atoms with Gasteiger partial charge in [0.1, 0.15) is 0 Å². The fourth-order valence-corrected chi connectivity index (χ4v) is 0.788. The van der Waals surface area contributed by atoms with E-state index in [1.165, 1.54) is 7.11 Å². The van der Waals surface area contributed by atoms with Crippen LogP contribution in [0.25, 0.3) is 0 Å². The first-order valence-electron chi connectivity index (χ1n) is 3.53. The van der Waals surface area contributed by atoms with Crippen molar-refractivity contribution in [2.45, 2.75) is 13.8 Å². The molecular weight excluding hydrogens is 146 g/mol. The van der Waals surface area contributed by atoms with E-state index in [0.717, 1.165) is 0 Å². The van der Waals surface area contributed by atoms with Gasteiger partial charge in [0.25, 0.3) is 0 Å². The first-order chi connectivity index (χ1) is 5.13. The molecule has 0 fully saturated rings. The van der Waals surface area contributed by atoms with Gasteiger partial charge in [0.2, 0.25) is 0 Å². The van der Waals surface area contributed by atoms with Gasteiger partial charge < -0.3 is 9.57 Å². The van der Waals surface area contributed by atoms with Crippen LogP contribution in [0.3, 0.4) is 0 Å². The molecule has 11 heavy (non-hydrogen) atoms. The van der Waals surface area contributed by atoms with Crippen LogP contribution in [0.4, 0.5) is 0 Å². The summed E-state index contributed by atoms with van der Waals surface area (Å²) in [6.07, 6.45) is 0. The number of hydrogen-bond donors (Lipinski definition) is 1. The minimum absolute atomic E-state index is 0.186. The Hall–Kier alpha value is -0.610. The lowest BCUT2D eigenvalue weighted by Crippen LogP contribution is -2.27. The largest absolute Gasteiger partial charge is 0.469 e. The number of ether oxygens (including phenoxy) is 1. The fourth-order valence-electron chi connectivity index (χ4n) is 0.788. The number of carbonyl (C=O) groups excluding carboxylic acids is 1. The number of methoxy groups -OCH3 is 1. The van der Waals surface area contributed by atoms with Crippen molar-refractivity contribution in [2.75, 3.05) is 13.7 Å². The number of esters is 1. The van der Waals surface area contributed by atoms with Crippen LogP contribution in [-0.2, 0) is 14.4 Å². The Morgan fingerprint density at radius 1 is 1.55 bits per heavy atom. The molecule has 1 atom stereocenters. The molecule has 0 aromatic heterocycles. The highest BCUT2D eigenvalue weighted by molar-refractivity contribution is 5.72. The first-order valence-corrected chi connectivity index (χ1v) is 3.53. The molecule has 0 radical (unpaired) electrons. The van der Waals surface area contributed by atoms with Crippen LogP contribution in [-0.4, -0.2) is 19.7 Å². The molecule has 0 amide bonds. The summed E-state index contributed by atoms with van der Waals surface area (Å²) in [5.74, 6) is 4.51. The molecule has 0 spiro atoms. The Labute approximate surface area is 66.6 Å². The second kappa shape index (κ2) is 5.09. The molecule has 0 aromatic rings. The highest BCUT2D eigenvalue weighted by Gasteiger charge is 2.22. The number of hydrogen-bond acceptors (Lipinski definition) is 4. The van der Waals surface area contributed by atoms with Crippen molar-refractivity contribution in [2.24, 2.45) is 17.7 Å². The van der Waals surface area contributed by atoms with Gasteiger partial charge in [-0.1, -0.05) is 13.8 Å². The molecular formula is C7H15NO3. The van der Waals surface area contributed by atoms with Crippen molar-refractivity contribution in [3.05, 3.63) is 0 Å². The lowest BCUT2D eigenvalue weighted by atomic mass is 9.97. The molecule has 4 nitrogen and oxygen atoms in total. The van der Waals surface area contributed by atoms with E-state index in [1.807, 2.05) is 13.8 Å². The van der Waals surface area contributed by atoms with Crippen molar-refractivity contribution in [3.8, 4) is 0 Å². The highest BCUT2D eigenvalue weighted by Crippen LogP contribution is 2.11. The van der Waals surface area contributed by atoms with Gasteiger partial charge in [-0.05, 0) is 5.92 Å². The zero-order valence-corrected chi connectivity index (χ0v) is 7.16. The minimum Gasteiger partial charge on any atom is -0.469 e. The van der Waals surface area contributed by atoms with Crippen LogP contribution in [0.1, 0.15) is 13.8 Å². The standard InChI is InChI=1S/C7H15NO3/c1-5(2)6(4-11-8)7(9)10-3/h5-6H,4,8H2,1-3H3. The predicted molar refractivity (Wildman–Crippen MR) is 40.5 cm³/mol. The van der Waals surface area contributed by atoms with Gasteiger partial charge in [0.05, 0.1) is 19.6 Å². The van der Waals surface area contributed by atoms with E-state index in [-0.39, 0.29) is 24.4 Å². The second-order valence-electron chi connectivity index (χ2n) is 2.71. The molecule has 1 unspecified atom stereocenters. The highest BCUT2D eigenvalue weighted by atomic mass is 16.6. The average molecular weight is 161 g/mol. The van der Waals surface area contributed by atoms with Crippen LogP contribution in [0.15, 0.2) is 0 Å².